The summed E-state index contributed by atoms with van der Waals surface area (Å²) in [6.07, 6.45) is 5.42. The van der Waals surface area contributed by atoms with E-state index in [1.54, 1.807) is 18.0 Å². The average Bonchev–Trinajstić information content (AvgIpc) is 2.89. The molecule has 3 heterocycles. The van der Waals surface area contributed by atoms with Gasteiger partial charge in [-0.25, -0.2) is 9.97 Å². The van der Waals surface area contributed by atoms with Gasteiger partial charge >= 0.3 is 0 Å². The summed E-state index contributed by atoms with van der Waals surface area (Å²) in [6.45, 7) is 15.6. The number of nitrogens with zero attached hydrogens (tertiary/aromatic N) is 4. The molecule has 0 bridgehead atoms. The van der Waals surface area contributed by atoms with Crippen molar-refractivity contribution >= 4 is 54.2 Å². The van der Waals surface area contributed by atoms with Gasteiger partial charge < -0.3 is 25.2 Å². The van der Waals surface area contributed by atoms with Crippen LogP contribution in [0.3, 0.4) is 0 Å². The van der Waals surface area contributed by atoms with Gasteiger partial charge in [0.1, 0.15) is 17.2 Å². The maximum absolute atomic E-state index is 14.1. The first-order chi connectivity index (χ1) is 17.6. The minimum atomic E-state index is -0.227. The number of halogens is 2. The van der Waals surface area contributed by atoms with Crippen molar-refractivity contribution in [2.75, 3.05) is 69.8 Å². The lowest BCUT2D eigenvalue weighted by molar-refractivity contribution is -0.140. The van der Waals surface area contributed by atoms with Crippen molar-refractivity contribution in [1.82, 2.24) is 25.1 Å². The van der Waals surface area contributed by atoms with E-state index in [2.05, 4.69) is 56.5 Å². The van der Waals surface area contributed by atoms with Crippen LogP contribution in [0.4, 0.5) is 5.82 Å². The average molecular weight is 608 g/mol. The quantitative estimate of drug-likeness (QED) is 0.389. The number of carbonyl (C=O) groups is 2. The Morgan fingerprint density at radius 2 is 1.92 bits per heavy atom. The minimum Gasteiger partial charge on any atom is -0.378 e. The van der Waals surface area contributed by atoms with Gasteiger partial charge in [0, 0.05) is 56.9 Å². The molecule has 2 amide bonds. The Bertz CT molecular complexity index is 912. The predicted octanol–water partition coefficient (Wildman–Crippen LogP) is 3.72. The van der Waals surface area contributed by atoms with E-state index in [0.717, 1.165) is 18.7 Å². The summed E-state index contributed by atoms with van der Waals surface area (Å²) < 4.78 is 5.42. The van der Waals surface area contributed by atoms with Crippen molar-refractivity contribution in [3.63, 3.8) is 0 Å². The summed E-state index contributed by atoms with van der Waals surface area (Å²) in [5, 5.41) is 6.86. The molecule has 0 spiro atoms. The van der Waals surface area contributed by atoms with Crippen LogP contribution in [0.15, 0.2) is 6.20 Å². The van der Waals surface area contributed by atoms with Gasteiger partial charge in [-0.15, -0.1) is 24.8 Å². The third kappa shape index (κ3) is 10.2. The number of hydrogen-bond donors (Lipinski definition) is 2. The van der Waals surface area contributed by atoms with Gasteiger partial charge in [0.25, 0.3) is 5.91 Å². The predicted molar refractivity (Wildman–Crippen MR) is 165 cm³/mol. The van der Waals surface area contributed by atoms with Gasteiger partial charge in [-0.3, -0.25) is 9.59 Å². The highest BCUT2D eigenvalue weighted by Crippen LogP contribution is 2.26. The topological polar surface area (TPSA) is 99.7 Å². The molecule has 2 atom stereocenters. The zero-order valence-electron chi connectivity index (χ0n) is 24.3. The van der Waals surface area contributed by atoms with Gasteiger partial charge in [0.15, 0.2) is 0 Å². The second-order valence-corrected chi connectivity index (χ2v) is 12.5. The third-order valence-corrected chi connectivity index (χ3v) is 7.47. The lowest BCUT2D eigenvalue weighted by atomic mass is 9.92. The summed E-state index contributed by atoms with van der Waals surface area (Å²) in [7, 11) is 0. The molecule has 12 heteroatoms. The SMILES string of the molecule is CSCCCNc1nc(C(C)(C)C)ncc1C(=O)N(CC(C)C)[C@@H]1CNC[C@H](C(=O)N2CCOCC2)C1.Cl.Cl. The van der Waals surface area contributed by atoms with Crippen LogP contribution in [0.25, 0.3) is 0 Å². The fourth-order valence-corrected chi connectivity index (χ4v) is 5.22. The Hall–Kier alpha value is -1.33. The molecule has 224 valence electrons. The molecule has 0 unspecified atom stereocenters. The van der Waals surface area contributed by atoms with E-state index in [1.165, 1.54) is 0 Å². The summed E-state index contributed by atoms with van der Waals surface area (Å²) in [6, 6.07) is -0.0784. The van der Waals surface area contributed by atoms with Crippen LogP contribution < -0.4 is 10.6 Å². The van der Waals surface area contributed by atoms with Crippen molar-refractivity contribution in [3.8, 4) is 0 Å². The number of ether oxygens (including phenoxy) is 1. The maximum Gasteiger partial charge on any atom is 0.259 e. The minimum absolute atomic E-state index is 0. The molecule has 2 fully saturated rings. The standard InChI is InChI=1S/C27H46N6O3S.2ClH/c1-19(2)18-33(21-14-20(15-28-16-21)24(34)32-9-11-36-12-10-32)25(35)22-17-30-26(27(3,4)5)31-23(22)29-8-7-13-37-6;;/h17,19-21,28H,7-16,18H2,1-6H3,(H,29,30,31);2*1H/t20-,21+;;/m1../s1. The molecule has 1 aromatic rings. The number of amides is 2. The van der Waals surface area contributed by atoms with Crippen LogP contribution in [-0.2, 0) is 14.9 Å². The Morgan fingerprint density at radius 1 is 1.23 bits per heavy atom. The van der Waals surface area contributed by atoms with E-state index < -0.39 is 0 Å². The first kappa shape index (κ1) is 35.7. The molecule has 0 radical (unpaired) electrons. The van der Waals surface area contributed by atoms with Crippen LogP contribution in [0, 0.1) is 11.8 Å². The van der Waals surface area contributed by atoms with Gasteiger partial charge in [0.05, 0.1) is 19.1 Å². The molecule has 0 saturated carbocycles. The molecular weight excluding hydrogens is 559 g/mol. The number of nitrogens with one attached hydrogen (secondary N) is 2. The smallest absolute Gasteiger partial charge is 0.259 e. The first-order valence-corrected chi connectivity index (χ1v) is 15.0. The highest BCUT2D eigenvalue weighted by Gasteiger charge is 2.36. The van der Waals surface area contributed by atoms with Gasteiger partial charge in [0.2, 0.25) is 5.91 Å². The van der Waals surface area contributed by atoms with E-state index in [9.17, 15) is 9.59 Å². The molecular formula is C27H48Cl2N6O3S. The van der Waals surface area contributed by atoms with Crippen LogP contribution in [0.5, 0.6) is 0 Å². The summed E-state index contributed by atoms with van der Waals surface area (Å²) in [5.41, 5.74) is 0.273. The van der Waals surface area contributed by atoms with E-state index in [-0.39, 0.29) is 59.9 Å². The largest absolute Gasteiger partial charge is 0.378 e. The van der Waals surface area contributed by atoms with Crippen molar-refractivity contribution < 1.29 is 14.3 Å². The number of thioether (sulfide) groups is 1. The molecule has 2 aliphatic heterocycles. The highest BCUT2D eigenvalue weighted by atomic mass is 35.5. The Labute approximate surface area is 251 Å². The van der Waals surface area contributed by atoms with Crippen LogP contribution in [-0.4, -0.2) is 102 Å². The second kappa shape index (κ2) is 16.8. The number of morpholine rings is 1. The Kier molecular flexibility index (Phi) is 15.4. The number of carbonyl (C=O) groups excluding carboxylic acids is 2. The highest BCUT2D eigenvalue weighted by molar-refractivity contribution is 7.98. The summed E-state index contributed by atoms with van der Waals surface area (Å²) in [4.78, 5) is 40.6. The Morgan fingerprint density at radius 3 is 2.54 bits per heavy atom. The fraction of sp³-hybridized carbons (Fsp3) is 0.778. The van der Waals surface area contributed by atoms with E-state index in [0.29, 0.717) is 69.6 Å². The van der Waals surface area contributed by atoms with E-state index >= 15 is 0 Å². The molecule has 1 aromatic heterocycles. The normalized spacial score (nSPS) is 19.6. The molecule has 9 nitrogen and oxygen atoms in total. The lowest BCUT2D eigenvalue weighted by Gasteiger charge is -2.40. The lowest BCUT2D eigenvalue weighted by Crippen LogP contribution is -2.56. The van der Waals surface area contributed by atoms with Gasteiger partial charge in [-0.2, -0.15) is 11.8 Å². The van der Waals surface area contributed by atoms with Crippen molar-refractivity contribution in [2.45, 2.75) is 58.9 Å². The number of piperidine rings is 1. The molecule has 2 aliphatic rings. The summed E-state index contributed by atoms with van der Waals surface area (Å²) >= 11 is 1.81. The number of hydrogen-bond acceptors (Lipinski definition) is 8. The molecule has 3 rings (SSSR count). The third-order valence-electron chi connectivity index (χ3n) is 6.77. The molecule has 2 N–H and O–H groups in total. The van der Waals surface area contributed by atoms with Crippen molar-refractivity contribution in [2.24, 2.45) is 11.8 Å². The number of aromatic nitrogens is 2. The van der Waals surface area contributed by atoms with Crippen molar-refractivity contribution in [3.05, 3.63) is 17.6 Å². The van der Waals surface area contributed by atoms with Crippen molar-refractivity contribution in [1.29, 1.82) is 0 Å². The van der Waals surface area contributed by atoms with E-state index in [1.807, 2.05) is 9.80 Å². The molecule has 0 aliphatic carbocycles. The van der Waals surface area contributed by atoms with Crippen LogP contribution in [0.1, 0.15) is 63.6 Å². The van der Waals surface area contributed by atoms with E-state index in [4.69, 9.17) is 9.72 Å². The molecule has 39 heavy (non-hydrogen) atoms. The van der Waals surface area contributed by atoms with Crippen LogP contribution >= 0.6 is 36.6 Å². The summed E-state index contributed by atoms with van der Waals surface area (Å²) in [5.74, 6) is 2.57. The number of rotatable bonds is 10. The molecule has 2 saturated heterocycles. The van der Waals surface area contributed by atoms with Crippen LogP contribution in [0.2, 0.25) is 0 Å². The number of anilines is 1. The monoisotopic (exact) mass is 606 g/mol. The fourth-order valence-electron chi connectivity index (χ4n) is 4.79. The maximum atomic E-state index is 14.1. The zero-order chi connectivity index (χ0) is 27.0. The Balaban J connectivity index is 0.00000380. The van der Waals surface area contributed by atoms with Gasteiger partial charge in [-0.1, -0.05) is 34.6 Å². The van der Waals surface area contributed by atoms with Gasteiger partial charge in [-0.05, 0) is 30.8 Å². The zero-order valence-corrected chi connectivity index (χ0v) is 26.8. The first-order valence-electron chi connectivity index (χ1n) is 13.6. The second-order valence-electron chi connectivity index (χ2n) is 11.5. The molecule has 0 aromatic carbocycles.